The van der Waals surface area contributed by atoms with E-state index in [-0.39, 0.29) is 0 Å². The maximum absolute atomic E-state index is 9.86. The molecule has 0 aromatic heterocycles. The molecule has 1 aromatic carbocycles. The number of nitrogens with zero attached hydrogens (tertiary/aromatic N) is 1. The molecule has 2 rings (SSSR count). The lowest BCUT2D eigenvalue weighted by atomic mass is 9.93. The first-order chi connectivity index (χ1) is 9.11. The summed E-state index contributed by atoms with van der Waals surface area (Å²) in [5.74, 6) is 0.449. The van der Waals surface area contributed by atoms with Crippen LogP contribution in [0, 0.1) is 13.8 Å². The lowest BCUT2D eigenvalue weighted by Gasteiger charge is -2.33. The second-order valence-corrected chi connectivity index (χ2v) is 5.93. The van der Waals surface area contributed by atoms with Crippen LogP contribution in [0.3, 0.4) is 0 Å². The SMILES string of the molecule is CCN(Cc1cc(C)c(O)c(C)c1)C1CCCCC1. The van der Waals surface area contributed by atoms with Crippen LogP contribution in [0.2, 0.25) is 0 Å². The molecule has 1 aliphatic rings. The average molecular weight is 261 g/mol. The summed E-state index contributed by atoms with van der Waals surface area (Å²) in [6, 6.07) is 5.02. The quantitative estimate of drug-likeness (QED) is 0.879. The van der Waals surface area contributed by atoms with E-state index < -0.39 is 0 Å². The Labute approximate surface area is 117 Å². The van der Waals surface area contributed by atoms with E-state index >= 15 is 0 Å². The molecule has 19 heavy (non-hydrogen) atoms. The highest BCUT2D eigenvalue weighted by atomic mass is 16.3. The van der Waals surface area contributed by atoms with Crippen molar-refractivity contribution in [2.45, 2.75) is 65.5 Å². The van der Waals surface area contributed by atoms with Crippen molar-refractivity contribution in [1.29, 1.82) is 0 Å². The topological polar surface area (TPSA) is 23.5 Å². The average Bonchev–Trinajstić information content (AvgIpc) is 2.43. The van der Waals surface area contributed by atoms with Crippen LogP contribution in [0.25, 0.3) is 0 Å². The van der Waals surface area contributed by atoms with Crippen LogP contribution in [-0.4, -0.2) is 22.6 Å². The number of aromatic hydroxyl groups is 1. The molecule has 2 nitrogen and oxygen atoms in total. The van der Waals surface area contributed by atoms with Crippen molar-refractivity contribution in [2.24, 2.45) is 0 Å². The van der Waals surface area contributed by atoms with Crippen LogP contribution in [0.4, 0.5) is 0 Å². The van der Waals surface area contributed by atoms with E-state index in [0.717, 1.165) is 30.3 Å². The van der Waals surface area contributed by atoms with Gasteiger partial charge >= 0.3 is 0 Å². The van der Waals surface area contributed by atoms with E-state index in [9.17, 15) is 5.11 Å². The largest absolute Gasteiger partial charge is 0.507 e. The van der Waals surface area contributed by atoms with Gasteiger partial charge in [-0.1, -0.05) is 38.3 Å². The van der Waals surface area contributed by atoms with Gasteiger partial charge in [0.1, 0.15) is 5.75 Å². The monoisotopic (exact) mass is 261 g/mol. The van der Waals surface area contributed by atoms with Crippen LogP contribution in [0.15, 0.2) is 12.1 Å². The number of hydrogen-bond donors (Lipinski definition) is 1. The van der Waals surface area contributed by atoms with Crippen LogP contribution < -0.4 is 0 Å². The summed E-state index contributed by atoms with van der Waals surface area (Å²) in [5, 5.41) is 9.86. The Balaban J connectivity index is 2.09. The first-order valence-corrected chi connectivity index (χ1v) is 7.65. The highest BCUT2D eigenvalue weighted by Crippen LogP contribution is 2.27. The fourth-order valence-electron chi connectivity index (χ4n) is 3.32. The number of aryl methyl sites for hydroxylation is 2. The second kappa shape index (κ2) is 6.42. The third-order valence-corrected chi connectivity index (χ3v) is 4.43. The molecule has 0 radical (unpaired) electrons. The zero-order valence-electron chi connectivity index (χ0n) is 12.6. The van der Waals surface area contributed by atoms with Gasteiger partial charge in [0.2, 0.25) is 0 Å². The maximum Gasteiger partial charge on any atom is 0.121 e. The predicted octanol–water partition coefficient (Wildman–Crippen LogP) is 4.16. The minimum atomic E-state index is 0.449. The summed E-state index contributed by atoms with van der Waals surface area (Å²) in [4.78, 5) is 2.60. The van der Waals surface area contributed by atoms with Crippen LogP contribution in [-0.2, 0) is 6.54 Å². The van der Waals surface area contributed by atoms with Gasteiger partial charge in [-0.05, 0) is 49.9 Å². The van der Waals surface area contributed by atoms with Crippen LogP contribution in [0.5, 0.6) is 5.75 Å². The molecule has 0 spiro atoms. The highest BCUT2D eigenvalue weighted by molar-refractivity contribution is 5.42. The van der Waals surface area contributed by atoms with E-state index in [2.05, 4.69) is 24.0 Å². The summed E-state index contributed by atoms with van der Waals surface area (Å²) >= 11 is 0. The smallest absolute Gasteiger partial charge is 0.121 e. The normalized spacial score (nSPS) is 17.1. The minimum Gasteiger partial charge on any atom is -0.507 e. The Morgan fingerprint density at radius 1 is 1.11 bits per heavy atom. The van der Waals surface area contributed by atoms with Gasteiger partial charge in [-0.3, -0.25) is 4.90 Å². The van der Waals surface area contributed by atoms with E-state index in [0.29, 0.717) is 5.75 Å². The van der Waals surface area contributed by atoms with Gasteiger partial charge in [0.05, 0.1) is 0 Å². The molecular weight excluding hydrogens is 234 g/mol. The number of benzene rings is 1. The zero-order chi connectivity index (χ0) is 13.8. The van der Waals surface area contributed by atoms with Gasteiger partial charge in [0.15, 0.2) is 0 Å². The van der Waals surface area contributed by atoms with Gasteiger partial charge < -0.3 is 5.11 Å². The molecule has 0 unspecified atom stereocenters. The predicted molar refractivity (Wildman–Crippen MR) is 80.5 cm³/mol. The highest BCUT2D eigenvalue weighted by Gasteiger charge is 2.20. The first kappa shape index (κ1) is 14.4. The van der Waals surface area contributed by atoms with E-state index in [1.807, 2.05) is 13.8 Å². The molecule has 0 amide bonds. The Bertz CT molecular complexity index is 398. The van der Waals surface area contributed by atoms with E-state index in [1.165, 1.54) is 37.7 Å². The fourth-order valence-corrected chi connectivity index (χ4v) is 3.32. The van der Waals surface area contributed by atoms with Crippen molar-refractivity contribution < 1.29 is 5.11 Å². The summed E-state index contributed by atoms with van der Waals surface area (Å²) < 4.78 is 0. The Hall–Kier alpha value is -1.02. The van der Waals surface area contributed by atoms with Crippen molar-refractivity contribution >= 4 is 0 Å². The molecule has 1 N–H and O–H groups in total. The van der Waals surface area contributed by atoms with Crippen molar-refractivity contribution in [2.75, 3.05) is 6.54 Å². The first-order valence-electron chi connectivity index (χ1n) is 7.65. The Kier molecular flexibility index (Phi) is 4.87. The molecular formula is C17H27NO. The van der Waals surface area contributed by atoms with Crippen LogP contribution >= 0.6 is 0 Å². The van der Waals surface area contributed by atoms with Gasteiger partial charge in [-0.2, -0.15) is 0 Å². The summed E-state index contributed by atoms with van der Waals surface area (Å²) in [6.45, 7) is 8.37. The van der Waals surface area contributed by atoms with Gasteiger partial charge in [-0.25, -0.2) is 0 Å². The number of hydrogen-bond acceptors (Lipinski definition) is 2. The second-order valence-electron chi connectivity index (χ2n) is 5.93. The maximum atomic E-state index is 9.86. The minimum absolute atomic E-state index is 0.449. The molecule has 0 bridgehead atoms. The molecule has 1 saturated carbocycles. The fraction of sp³-hybridized carbons (Fsp3) is 0.647. The summed E-state index contributed by atoms with van der Waals surface area (Å²) in [5.41, 5.74) is 3.32. The lowest BCUT2D eigenvalue weighted by molar-refractivity contribution is 0.156. The van der Waals surface area contributed by atoms with Crippen molar-refractivity contribution in [1.82, 2.24) is 4.90 Å². The standard InChI is InChI=1S/C17H27NO/c1-4-18(16-8-6-5-7-9-16)12-15-10-13(2)17(19)14(3)11-15/h10-11,16,19H,4-9,12H2,1-3H3. The molecule has 0 atom stereocenters. The lowest BCUT2D eigenvalue weighted by Crippen LogP contribution is -2.36. The summed E-state index contributed by atoms with van der Waals surface area (Å²) in [7, 11) is 0. The van der Waals surface area contributed by atoms with Gasteiger partial charge in [0, 0.05) is 12.6 Å². The molecule has 106 valence electrons. The third-order valence-electron chi connectivity index (χ3n) is 4.43. The van der Waals surface area contributed by atoms with Crippen molar-refractivity contribution in [3.8, 4) is 5.75 Å². The van der Waals surface area contributed by atoms with E-state index in [1.54, 1.807) is 0 Å². The van der Waals surface area contributed by atoms with Crippen molar-refractivity contribution in [3.63, 3.8) is 0 Å². The van der Waals surface area contributed by atoms with Gasteiger partial charge in [0.25, 0.3) is 0 Å². The van der Waals surface area contributed by atoms with Gasteiger partial charge in [-0.15, -0.1) is 0 Å². The molecule has 0 saturated heterocycles. The molecule has 2 heteroatoms. The Morgan fingerprint density at radius 3 is 2.21 bits per heavy atom. The zero-order valence-corrected chi connectivity index (χ0v) is 12.6. The molecule has 1 aliphatic carbocycles. The van der Waals surface area contributed by atoms with Crippen LogP contribution in [0.1, 0.15) is 55.7 Å². The molecule has 1 fully saturated rings. The number of phenols is 1. The molecule has 0 aliphatic heterocycles. The molecule has 1 aromatic rings. The molecule has 0 heterocycles. The number of phenolic OH excluding ortho intramolecular Hbond substituents is 1. The summed E-state index contributed by atoms with van der Waals surface area (Å²) in [6.07, 6.45) is 6.88. The van der Waals surface area contributed by atoms with E-state index in [4.69, 9.17) is 0 Å². The third kappa shape index (κ3) is 3.50. The van der Waals surface area contributed by atoms with Crippen molar-refractivity contribution in [3.05, 3.63) is 28.8 Å². The number of rotatable bonds is 4. The Morgan fingerprint density at radius 2 is 1.68 bits per heavy atom.